The molecule has 0 radical (unpaired) electrons. The van der Waals surface area contributed by atoms with Crippen molar-refractivity contribution in [3.8, 4) is 0 Å². The Morgan fingerprint density at radius 3 is 1.45 bits per heavy atom. The lowest BCUT2D eigenvalue weighted by atomic mass is 10.3. The molecular weight excluding hydrogens is 488 g/mol. The zero-order valence-corrected chi connectivity index (χ0v) is 24.2. The summed E-state index contributed by atoms with van der Waals surface area (Å²) in [6, 6.07) is 1.65. The van der Waals surface area contributed by atoms with Crippen LogP contribution in [0.25, 0.3) is 0 Å². The summed E-state index contributed by atoms with van der Waals surface area (Å²) in [5.74, 6) is 0.616. The highest BCUT2D eigenvalue weighted by atomic mass is 35.5. The molecule has 0 bridgehead atoms. The van der Waals surface area contributed by atoms with Crippen molar-refractivity contribution in [2.24, 2.45) is 0 Å². The first-order valence-corrected chi connectivity index (χ1v) is 15.9. The lowest BCUT2D eigenvalue weighted by Crippen LogP contribution is -2.44. The Kier molecular flexibility index (Phi) is 21.8. The summed E-state index contributed by atoms with van der Waals surface area (Å²) < 4.78 is 42.0. The maximum absolute atomic E-state index is 5.53. The third-order valence-corrected chi connectivity index (χ3v) is 11.3. The Morgan fingerprint density at radius 2 is 1.12 bits per heavy atom. The lowest BCUT2D eigenvalue weighted by molar-refractivity contribution is 0.0370. The number of halogens is 1. The molecule has 13 heteroatoms. The number of ether oxygens (including phenoxy) is 2. The van der Waals surface area contributed by atoms with E-state index in [0.717, 1.165) is 84.1 Å². The Bertz CT molecular complexity index is 401. The molecule has 0 aliphatic carbocycles. The molecule has 2 aliphatic heterocycles. The number of hydrogen-bond acceptors (Lipinski definition) is 10. The van der Waals surface area contributed by atoms with Gasteiger partial charge in [0.15, 0.2) is 0 Å². The standard InChI is InChI=1S/C10H23NO4Si.C6H15ClO3Si.C4H9NO/c1-12-16(13-2,14-3)10-4-5-11-6-8-15-9-7-11;1-8-11(9-2,10-3)6-4-5-7;1-3-6-4-2-5-1/h4-10H2,1-3H3;4-6H2,1-3H3;5H,1-4H2. The highest BCUT2D eigenvalue weighted by Gasteiger charge is 2.37. The van der Waals surface area contributed by atoms with Crippen molar-refractivity contribution in [3.63, 3.8) is 0 Å². The molecule has 2 rings (SSSR count). The van der Waals surface area contributed by atoms with E-state index in [1.54, 1.807) is 42.7 Å². The summed E-state index contributed by atoms with van der Waals surface area (Å²) in [5.41, 5.74) is 0. The van der Waals surface area contributed by atoms with Crippen LogP contribution in [0.4, 0.5) is 0 Å². The Balaban J connectivity index is 0.000000518. The van der Waals surface area contributed by atoms with Crippen LogP contribution in [0.3, 0.4) is 0 Å². The molecule has 10 nitrogen and oxygen atoms in total. The zero-order chi connectivity index (χ0) is 24.8. The van der Waals surface area contributed by atoms with Crippen LogP contribution in [-0.2, 0) is 36.0 Å². The molecule has 0 aromatic rings. The van der Waals surface area contributed by atoms with Gasteiger partial charge in [-0.2, -0.15) is 0 Å². The average Bonchev–Trinajstić information content (AvgIpc) is 2.90. The van der Waals surface area contributed by atoms with Gasteiger partial charge in [-0.05, 0) is 19.4 Å². The molecular formula is C20H47ClN2O8Si2. The van der Waals surface area contributed by atoms with Gasteiger partial charge in [-0.3, -0.25) is 4.90 Å². The molecule has 33 heavy (non-hydrogen) atoms. The van der Waals surface area contributed by atoms with E-state index in [1.807, 2.05) is 0 Å². The second kappa shape index (κ2) is 21.6. The third kappa shape index (κ3) is 15.1. The number of morpholine rings is 2. The minimum Gasteiger partial charge on any atom is -0.379 e. The smallest absolute Gasteiger partial charge is 0.379 e. The SMILES string of the molecule is C1COCCN1.CO[Si](CCCCl)(OC)OC.CO[Si](CCCN1CCOCC1)(OC)OC. The van der Waals surface area contributed by atoms with Crippen LogP contribution in [0.2, 0.25) is 12.1 Å². The normalized spacial score (nSPS) is 17.5. The van der Waals surface area contributed by atoms with Gasteiger partial charge in [0.05, 0.1) is 26.4 Å². The Labute approximate surface area is 208 Å². The van der Waals surface area contributed by atoms with Crippen LogP contribution < -0.4 is 5.32 Å². The summed E-state index contributed by atoms with van der Waals surface area (Å²) in [4.78, 5) is 2.41. The van der Waals surface area contributed by atoms with Gasteiger partial charge in [-0.1, -0.05) is 0 Å². The van der Waals surface area contributed by atoms with Crippen molar-refractivity contribution < 1.29 is 36.0 Å². The van der Waals surface area contributed by atoms with Crippen LogP contribution in [-0.4, -0.2) is 130 Å². The van der Waals surface area contributed by atoms with Gasteiger partial charge < -0.3 is 41.3 Å². The van der Waals surface area contributed by atoms with E-state index in [9.17, 15) is 0 Å². The maximum Gasteiger partial charge on any atom is 0.500 e. The molecule has 0 atom stereocenters. The van der Waals surface area contributed by atoms with Crippen molar-refractivity contribution in [2.75, 3.05) is 108 Å². The van der Waals surface area contributed by atoms with Crippen molar-refractivity contribution in [1.29, 1.82) is 0 Å². The van der Waals surface area contributed by atoms with Crippen LogP contribution in [0.15, 0.2) is 0 Å². The first kappa shape index (κ1) is 33.3. The largest absolute Gasteiger partial charge is 0.500 e. The maximum atomic E-state index is 5.53. The fourth-order valence-electron chi connectivity index (χ4n) is 3.26. The van der Waals surface area contributed by atoms with Gasteiger partial charge in [0.2, 0.25) is 0 Å². The molecule has 2 aliphatic rings. The predicted octanol–water partition coefficient (Wildman–Crippen LogP) is 1.69. The molecule has 2 heterocycles. The topological polar surface area (TPSA) is 89.1 Å². The second-order valence-corrected chi connectivity index (χ2v) is 13.9. The van der Waals surface area contributed by atoms with Crippen LogP contribution in [0, 0.1) is 0 Å². The van der Waals surface area contributed by atoms with E-state index in [2.05, 4.69) is 10.2 Å². The van der Waals surface area contributed by atoms with Crippen LogP contribution >= 0.6 is 11.6 Å². The van der Waals surface area contributed by atoms with Gasteiger partial charge in [0.25, 0.3) is 0 Å². The summed E-state index contributed by atoms with van der Waals surface area (Å²) in [6.45, 7) is 8.65. The highest BCUT2D eigenvalue weighted by molar-refractivity contribution is 6.60. The van der Waals surface area contributed by atoms with Crippen LogP contribution in [0.1, 0.15) is 12.8 Å². The molecule has 1 N–H and O–H groups in total. The van der Waals surface area contributed by atoms with Gasteiger partial charge in [0, 0.05) is 86.8 Å². The molecule has 0 aromatic carbocycles. The summed E-state index contributed by atoms with van der Waals surface area (Å²) in [6.07, 6.45) is 1.91. The van der Waals surface area contributed by atoms with Crippen molar-refractivity contribution >= 4 is 29.2 Å². The number of rotatable bonds is 13. The number of nitrogens with one attached hydrogen (secondary N) is 1. The number of hydrogen-bond donors (Lipinski definition) is 1. The van der Waals surface area contributed by atoms with Gasteiger partial charge in [0.1, 0.15) is 0 Å². The second-order valence-electron chi connectivity index (χ2n) is 7.30. The number of nitrogens with zero attached hydrogens (tertiary/aromatic N) is 1. The highest BCUT2D eigenvalue weighted by Crippen LogP contribution is 2.16. The quantitative estimate of drug-likeness (QED) is 0.278. The van der Waals surface area contributed by atoms with E-state index in [4.69, 9.17) is 47.6 Å². The summed E-state index contributed by atoms with van der Waals surface area (Å²) in [5, 5.41) is 3.16. The first-order chi connectivity index (χ1) is 16.0. The van der Waals surface area contributed by atoms with Gasteiger partial charge >= 0.3 is 17.6 Å². The van der Waals surface area contributed by atoms with Gasteiger partial charge in [-0.15, -0.1) is 11.6 Å². The van der Waals surface area contributed by atoms with Crippen molar-refractivity contribution in [2.45, 2.75) is 24.9 Å². The van der Waals surface area contributed by atoms with Crippen LogP contribution in [0.5, 0.6) is 0 Å². The molecule has 2 fully saturated rings. The van der Waals surface area contributed by atoms with E-state index >= 15 is 0 Å². The summed E-state index contributed by atoms with van der Waals surface area (Å²) in [7, 11) is 5.11. The fourth-order valence-corrected chi connectivity index (χ4v) is 7.04. The van der Waals surface area contributed by atoms with Gasteiger partial charge in [-0.25, -0.2) is 0 Å². The molecule has 200 valence electrons. The molecule has 2 saturated heterocycles. The average molecular weight is 535 g/mol. The van der Waals surface area contributed by atoms with E-state index in [-0.39, 0.29) is 0 Å². The van der Waals surface area contributed by atoms with E-state index in [0.29, 0.717) is 5.88 Å². The molecule has 0 saturated carbocycles. The van der Waals surface area contributed by atoms with Crippen molar-refractivity contribution in [3.05, 3.63) is 0 Å². The minimum absolute atomic E-state index is 0.616. The van der Waals surface area contributed by atoms with E-state index < -0.39 is 17.6 Å². The van der Waals surface area contributed by atoms with E-state index in [1.165, 1.54) is 0 Å². The monoisotopic (exact) mass is 534 g/mol. The first-order valence-electron chi connectivity index (χ1n) is 11.5. The molecule has 0 unspecified atom stereocenters. The lowest BCUT2D eigenvalue weighted by Gasteiger charge is -2.28. The zero-order valence-electron chi connectivity index (χ0n) is 21.5. The Hall–Kier alpha value is 0.324. The number of alkyl halides is 1. The minimum atomic E-state index is -2.36. The molecule has 0 spiro atoms. The summed E-state index contributed by atoms with van der Waals surface area (Å²) >= 11 is 5.53. The molecule has 0 amide bonds. The Morgan fingerprint density at radius 1 is 0.697 bits per heavy atom. The predicted molar refractivity (Wildman–Crippen MR) is 134 cm³/mol. The van der Waals surface area contributed by atoms with Crippen molar-refractivity contribution in [1.82, 2.24) is 10.2 Å². The fraction of sp³-hybridized carbons (Fsp3) is 1.00. The third-order valence-electron chi connectivity index (χ3n) is 5.39. The molecule has 0 aromatic heterocycles.